The van der Waals surface area contributed by atoms with Crippen LogP contribution >= 0.6 is 24.0 Å². The number of thioether (sulfide) groups is 1. The van der Waals surface area contributed by atoms with Crippen molar-refractivity contribution in [3.63, 3.8) is 0 Å². The lowest BCUT2D eigenvalue weighted by Crippen LogP contribution is -2.11. The Bertz CT molecular complexity index is 614. The van der Waals surface area contributed by atoms with Crippen LogP contribution in [0.4, 0.5) is 15.8 Å². The van der Waals surface area contributed by atoms with Crippen molar-refractivity contribution in [2.75, 3.05) is 11.6 Å². The van der Waals surface area contributed by atoms with Crippen molar-refractivity contribution >= 4 is 40.3 Å². The van der Waals surface area contributed by atoms with Gasteiger partial charge in [0.25, 0.3) is 0 Å². The highest BCUT2D eigenvalue weighted by molar-refractivity contribution is 7.98. The van der Waals surface area contributed by atoms with Crippen LogP contribution in [-0.4, -0.2) is 11.2 Å². The fourth-order valence-electron chi connectivity index (χ4n) is 1.70. The summed E-state index contributed by atoms with van der Waals surface area (Å²) < 4.78 is 13.8. The summed E-state index contributed by atoms with van der Waals surface area (Å²) in [6.07, 6.45) is 2.00. The van der Waals surface area contributed by atoms with Gasteiger partial charge in [0.05, 0.1) is 5.69 Å². The van der Waals surface area contributed by atoms with Crippen LogP contribution in [0.3, 0.4) is 0 Å². The first kappa shape index (κ1) is 13.8. The first-order chi connectivity index (χ1) is 9.11. The molecule has 0 spiro atoms. The smallest absolute Gasteiger partial charge is 0.135 e. The number of thiocarbonyl (C=S) groups is 1. The van der Waals surface area contributed by atoms with Crippen molar-refractivity contribution in [3.8, 4) is 0 Å². The lowest BCUT2D eigenvalue weighted by atomic mass is 10.2. The molecule has 3 N–H and O–H groups in total. The number of nitrogens with one attached hydrogen (secondary N) is 1. The molecular formula is C14H13FN2S2. The average Bonchev–Trinajstić information content (AvgIpc) is 2.39. The van der Waals surface area contributed by atoms with Crippen LogP contribution < -0.4 is 11.1 Å². The van der Waals surface area contributed by atoms with E-state index >= 15 is 0 Å². The third-order valence-corrected chi connectivity index (χ3v) is 3.64. The number of nitrogens with two attached hydrogens (primary N) is 1. The Hall–Kier alpha value is -1.59. The van der Waals surface area contributed by atoms with Crippen LogP contribution in [0.2, 0.25) is 0 Å². The van der Waals surface area contributed by atoms with Gasteiger partial charge in [0.15, 0.2) is 0 Å². The van der Waals surface area contributed by atoms with Gasteiger partial charge in [-0.2, -0.15) is 0 Å². The van der Waals surface area contributed by atoms with Crippen molar-refractivity contribution in [1.82, 2.24) is 0 Å². The third-order valence-electron chi connectivity index (χ3n) is 2.62. The van der Waals surface area contributed by atoms with Gasteiger partial charge in [-0.1, -0.05) is 24.4 Å². The molecule has 0 fully saturated rings. The minimum Gasteiger partial charge on any atom is -0.389 e. The number of para-hydroxylation sites is 1. The summed E-state index contributed by atoms with van der Waals surface area (Å²) in [5, 5.41) is 3.19. The van der Waals surface area contributed by atoms with Crippen molar-refractivity contribution in [2.24, 2.45) is 5.73 Å². The summed E-state index contributed by atoms with van der Waals surface area (Å²) in [6, 6.07) is 12.6. The second-order valence-corrected chi connectivity index (χ2v) is 5.17. The number of benzene rings is 2. The Labute approximate surface area is 121 Å². The molecule has 2 nitrogen and oxygen atoms in total. The van der Waals surface area contributed by atoms with Gasteiger partial charge in [-0.15, -0.1) is 11.8 Å². The van der Waals surface area contributed by atoms with Crippen LogP contribution in [0.1, 0.15) is 5.56 Å². The van der Waals surface area contributed by atoms with E-state index in [4.69, 9.17) is 18.0 Å². The number of hydrogen-bond donors (Lipinski definition) is 2. The summed E-state index contributed by atoms with van der Waals surface area (Å²) in [5.74, 6) is -0.417. The zero-order valence-corrected chi connectivity index (χ0v) is 11.9. The van der Waals surface area contributed by atoms with E-state index in [9.17, 15) is 4.39 Å². The van der Waals surface area contributed by atoms with E-state index in [1.165, 1.54) is 6.07 Å². The van der Waals surface area contributed by atoms with E-state index in [1.807, 2.05) is 30.5 Å². The van der Waals surface area contributed by atoms with Gasteiger partial charge in [-0.05, 0) is 36.6 Å². The summed E-state index contributed by atoms with van der Waals surface area (Å²) >= 11 is 6.41. The molecule has 0 aliphatic heterocycles. The molecule has 0 saturated heterocycles. The molecule has 0 atom stereocenters. The molecule has 0 unspecified atom stereocenters. The highest BCUT2D eigenvalue weighted by Crippen LogP contribution is 2.28. The molecule has 5 heteroatoms. The Kier molecular flexibility index (Phi) is 4.39. The van der Waals surface area contributed by atoms with Gasteiger partial charge in [0.2, 0.25) is 0 Å². The van der Waals surface area contributed by atoms with E-state index in [-0.39, 0.29) is 10.6 Å². The molecule has 0 amide bonds. The summed E-state index contributed by atoms with van der Waals surface area (Å²) in [6.45, 7) is 0. The highest BCUT2D eigenvalue weighted by atomic mass is 32.2. The molecule has 98 valence electrons. The lowest BCUT2D eigenvalue weighted by molar-refractivity contribution is 0.626. The maximum absolute atomic E-state index is 13.8. The molecule has 0 aliphatic rings. The van der Waals surface area contributed by atoms with Gasteiger partial charge in [-0.25, -0.2) is 4.39 Å². The molecule has 19 heavy (non-hydrogen) atoms. The highest BCUT2D eigenvalue weighted by Gasteiger charge is 2.07. The molecule has 2 aromatic carbocycles. The van der Waals surface area contributed by atoms with Crippen LogP contribution in [-0.2, 0) is 0 Å². The molecule has 0 aromatic heterocycles. The predicted molar refractivity (Wildman–Crippen MR) is 83.8 cm³/mol. The monoisotopic (exact) mass is 292 g/mol. The Morgan fingerprint density at radius 2 is 2.00 bits per heavy atom. The van der Waals surface area contributed by atoms with E-state index in [1.54, 1.807) is 23.9 Å². The molecule has 2 aromatic rings. The van der Waals surface area contributed by atoms with Gasteiger partial charge in [0, 0.05) is 16.1 Å². The van der Waals surface area contributed by atoms with Gasteiger partial charge < -0.3 is 11.1 Å². The average molecular weight is 292 g/mol. The first-order valence-corrected chi connectivity index (χ1v) is 7.24. The minimum atomic E-state index is -0.417. The Morgan fingerprint density at radius 1 is 1.26 bits per heavy atom. The summed E-state index contributed by atoms with van der Waals surface area (Å²) in [5.41, 5.74) is 7.30. The number of halogens is 1. The quantitative estimate of drug-likeness (QED) is 0.661. The zero-order chi connectivity index (χ0) is 13.8. The van der Waals surface area contributed by atoms with Crippen LogP contribution in [0.15, 0.2) is 47.4 Å². The minimum absolute atomic E-state index is 0.0635. The SMILES string of the molecule is CSc1ccccc1Nc1ccc(C(N)=S)c(F)c1. The van der Waals surface area contributed by atoms with Crippen molar-refractivity contribution < 1.29 is 4.39 Å². The largest absolute Gasteiger partial charge is 0.389 e. The second-order valence-electron chi connectivity index (χ2n) is 3.88. The summed E-state index contributed by atoms with van der Waals surface area (Å²) in [4.78, 5) is 1.16. The van der Waals surface area contributed by atoms with E-state index in [0.717, 1.165) is 10.6 Å². The van der Waals surface area contributed by atoms with Gasteiger partial charge >= 0.3 is 0 Å². The summed E-state index contributed by atoms with van der Waals surface area (Å²) in [7, 11) is 0. The fourth-order valence-corrected chi connectivity index (χ4v) is 2.42. The van der Waals surface area contributed by atoms with Crippen LogP contribution in [0, 0.1) is 5.82 Å². The van der Waals surface area contributed by atoms with Crippen molar-refractivity contribution in [2.45, 2.75) is 4.90 Å². The first-order valence-electron chi connectivity index (χ1n) is 5.61. The van der Waals surface area contributed by atoms with Crippen molar-refractivity contribution in [3.05, 3.63) is 53.8 Å². The van der Waals surface area contributed by atoms with E-state index in [2.05, 4.69) is 5.32 Å². The van der Waals surface area contributed by atoms with Gasteiger partial charge in [0.1, 0.15) is 10.8 Å². The number of anilines is 2. The Morgan fingerprint density at radius 3 is 2.63 bits per heavy atom. The molecule has 0 radical (unpaired) electrons. The maximum atomic E-state index is 13.8. The topological polar surface area (TPSA) is 38.0 Å². The second kappa shape index (κ2) is 6.04. The normalized spacial score (nSPS) is 10.2. The number of hydrogen-bond acceptors (Lipinski definition) is 3. The lowest BCUT2D eigenvalue weighted by Gasteiger charge is -2.11. The molecule has 0 aliphatic carbocycles. The van der Waals surface area contributed by atoms with E-state index < -0.39 is 5.82 Å². The molecule has 2 rings (SSSR count). The zero-order valence-electron chi connectivity index (χ0n) is 10.3. The van der Waals surface area contributed by atoms with Gasteiger partial charge in [-0.3, -0.25) is 0 Å². The molecule has 0 saturated carbocycles. The fraction of sp³-hybridized carbons (Fsp3) is 0.0714. The molecule has 0 bridgehead atoms. The van der Waals surface area contributed by atoms with Crippen LogP contribution in [0.25, 0.3) is 0 Å². The van der Waals surface area contributed by atoms with E-state index in [0.29, 0.717) is 5.69 Å². The molecule has 0 heterocycles. The maximum Gasteiger partial charge on any atom is 0.135 e. The standard InChI is InChI=1S/C14H13FN2S2/c1-19-13-5-3-2-4-12(13)17-9-6-7-10(14(16)18)11(15)8-9/h2-8,17H,1H3,(H2,16,18). The molecular weight excluding hydrogens is 279 g/mol. The Balaban J connectivity index is 2.29. The third kappa shape index (κ3) is 3.24. The number of rotatable bonds is 4. The van der Waals surface area contributed by atoms with Crippen molar-refractivity contribution in [1.29, 1.82) is 0 Å². The predicted octanol–water partition coefficient (Wildman–Crippen LogP) is 3.93. The van der Waals surface area contributed by atoms with Crippen LogP contribution in [0.5, 0.6) is 0 Å².